The normalized spacial score (nSPS) is 12.3. The molecule has 6 nitrogen and oxygen atoms in total. The van der Waals surface area contributed by atoms with E-state index in [1.807, 2.05) is 32.0 Å². The van der Waals surface area contributed by atoms with Crippen molar-refractivity contribution in [3.63, 3.8) is 0 Å². The molecule has 1 atom stereocenters. The van der Waals surface area contributed by atoms with Gasteiger partial charge in [0.15, 0.2) is 0 Å². The van der Waals surface area contributed by atoms with Crippen LogP contribution in [-0.2, 0) is 10.0 Å². The van der Waals surface area contributed by atoms with Crippen LogP contribution in [0.5, 0.6) is 5.75 Å². The number of nitrogens with one attached hydrogen (secondary N) is 1. The molecule has 1 unspecified atom stereocenters. The molecular formula is C21H28N2O4S. The van der Waals surface area contributed by atoms with Gasteiger partial charge in [0, 0.05) is 12.6 Å². The van der Waals surface area contributed by atoms with Crippen molar-refractivity contribution in [2.24, 2.45) is 0 Å². The molecule has 0 spiro atoms. The lowest BCUT2D eigenvalue weighted by atomic mass is 10.0. The molecule has 0 radical (unpaired) electrons. The average molecular weight is 405 g/mol. The van der Waals surface area contributed by atoms with Gasteiger partial charge >= 0.3 is 0 Å². The molecule has 0 aromatic heterocycles. The predicted octanol–water partition coefficient (Wildman–Crippen LogP) is 3.67. The van der Waals surface area contributed by atoms with Crippen molar-refractivity contribution in [2.75, 3.05) is 24.2 Å². The molecule has 152 valence electrons. The van der Waals surface area contributed by atoms with Crippen LogP contribution in [-0.4, -0.2) is 34.2 Å². The van der Waals surface area contributed by atoms with E-state index in [2.05, 4.69) is 5.32 Å². The Morgan fingerprint density at radius 2 is 1.79 bits per heavy atom. The minimum Gasteiger partial charge on any atom is -0.496 e. The number of carbonyl (C=O) groups excluding carboxylic acids is 1. The third-order valence-corrected chi connectivity index (χ3v) is 6.58. The Kier molecular flexibility index (Phi) is 7.07. The minimum absolute atomic E-state index is 0.0190. The first-order valence-corrected chi connectivity index (χ1v) is 10.9. The van der Waals surface area contributed by atoms with E-state index >= 15 is 0 Å². The smallest absolute Gasteiger partial charge is 0.251 e. The number of nitrogens with zero attached hydrogens (tertiary/aromatic N) is 1. The van der Waals surface area contributed by atoms with Crippen LogP contribution in [0.25, 0.3) is 0 Å². The van der Waals surface area contributed by atoms with E-state index < -0.39 is 10.0 Å². The minimum atomic E-state index is -3.33. The van der Waals surface area contributed by atoms with E-state index in [1.165, 1.54) is 11.4 Å². The fourth-order valence-corrected chi connectivity index (χ4v) is 3.79. The molecule has 0 saturated heterocycles. The van der Waals surface area contributed by atoms with Crippen molar-refractivity contribution in [2.45, 2.75) is 33.2 Å². The number of ether oxygens (including phenoxy) is 1. The van der Waals surface area contributed by atoms with Crippen LogP contribution in [0.3, 0.4) is 0 Å². The molecule has 1 amide bonds. The number of anilines is 1. The Hall–Kier alpha value is -2.54. The lowest BCUT2D eigenvalue weighted by Crippen LogP contribution is -2.29. The summed E-state index contributed by atoms with van der Waals surface area (Å²) in [6, 6.07) is 12.3. The fraction of sp³-hybridized carbons (Fsp3) is 0.381. The van der Waals surface area contributed by atoms with E-state index in [0.29, 0.717) is 11.3 Å². The predicted molar refractivity (Wildman–Crippen MR) is 113 cm³/mol. The highest BCUT2D eigenvalue weighted by Crippen LogP contribution is 2.25. The number of aryl methyl sites for hydroxylation is 1. The summed E-state index contributed by atoms with van der Waals surface area (Å²) in [4.78, 5) is 12.7. The zero-order valence-corrected chi connectivity index (χ0v) is 17.8. The number of methoxy groups -OCH3 is 1. The van der Waals surface area contributed by atoms with Crippen molar-refractivity contribution in [3.05, 3.63) is 59.2 Å². The number of carbonyl (C=O) groups is 1. The Morgan fingerprint density at radius 3 is 2.29 bits per heavy atom. The summed E-state index contributed by atoms with van der Waals surface area (Å²) in [6.45, 7) is 5.58. The van der Waals surface area contributed by atoms with Gasteiger partial charge < -0.3 is 10.1 Å². The molecule has 2 aromatic carbocycles. The third-order valence-electron chi connectivity index (χ3n) is 4.81. The van der Waals surface area contributed by atoms with Gasteiger partial charge in [0.2, 0.25) is 10.0 Å². The van der Waals surface area contributed by atoms with Crippen molar-refractivity contribution >= 4 is 21.6 Å². The van der Waals surface area contributed by atoms with Gasteiger partial charge in [-0.3, -0.25) is 9.10 Å². The third kappa shape index (κ3) is 4.84. The molecule has 0 heterocycles. The van der Waals surface area contributed by atoms with Crippen molar-refractivity contribution in [3.8, 4) is 5.75 Å². The molecule has 2 rings (SSSR count). The Labute approximate surface area is 167 Å². The Balaban J connectivity index is 2.16. The maximum Gasteiger partial charge on any atom is 0.251 e. The van der Waals surface area contributed by atoms with Crippen molar-refractivity contribution < 1.29 is 17.9 Å². The van der Waals surface area contributed by atoms with Crippen LogP contribution in [0.1, 0.15) is 47.8 Å². The lowest BCUT2D eigenvalue weighted by molar-refractivity contribution is 0.0935. The summed E-state index contributed by atoms with van der Waals surface area (Å²) >= 11 is 0. The highest BCUT2D eigenvalue weighted by molar-refractivity contribution is 7.92. The SMILES string of the molecule is CCC(NC(=O)c1ccc(N(C)S(=O)(=O)CC)cc1)c1ccc(OC)c(C)c1. The van der Waals surface area contributed by atoms with E-state index in [-0.39, 0.29) is 17.7 Å². The summed E-state index contributed by atoms with van der Waals surface area (Å²) in [5.74, 6) is 0.630. The van der Waals surface area contributed by atoms with E-state index in [1.54, 1.807) is 38.3 Å². The van der Waals surface area contributed by atoms with Crippen LogP contribution in [0.15, 0.2) is 42.5 Å². The van der Waals surface area contributed by atoms with E-state index in [9.17, 15) is 13.2 Å². The zero-order chi connectivity index (χ0) is 20.9. The van der Waals surface area contributed by atoms with Gasteiger partial charge in [0.1, 0.15) is 5.75 Å². The molecular weight excluding hydrogens is 376 g/mol. The second kappa shape index (κ2) is 9.10. The quantitative estimate of drug-likeness (QED) is 0.728. The topological polar surface area (TPSA) is 75.7 Å². The molecule has 7 heteroatoms. The molecule has 0 aliphatic rings. The molecule has 0 aliphatic heterocycles. The number of sulfonamides is 1. The van der Waals surface area contributed by atoms with Gasteiger partial charge in [-0.15, -0.1) is 0 Å². The first kappa shape index (κ1) is 21.8. The lowest BCUT2D eigenvalue weighted by Gasteiger charge is -2.20. The average Bonchev–Trinajstić information content (AvgIpc) is 2.71. The number of amides is 1. The summed E-state index contributed by atoms with van der Waals surface area (Å²) < 4.78 is 30.5. The molecule has 0 bridgehead atoms. The standard InChI is InChI=1S/C21H28N2O4S/c1-6-19(17-10-13-20(27-5)15(3)14-17)22-21(24)16-8-11-18(12-9-16)23(4)28(25,26)7-2/h8-14,19H,6-7H2,1-5H3,(H,22,24). The maximum atomic E-state index is 12.7. The summed E-state index contributed by atoms with van der Waals surface area (Å²) in [6.07, 6.45) is 0.743. The second-order valence-electron chi connectivity index (χ2n) is 6.58. The van der Waals surface area contributed by atoms with Crippen LogP contribution in [0.4, 0.5) is 5.69 Å². The summed E-state index contributed by atoms with van der Waals surface area (Å²) in [7, 11) is -0.191. The van der Waals surface area contributed by atoms with Crippen molar-refractivity contribution in [1.82, 2.24) is 5.32 Å². The number of benzene rings is 2. The first-order chi connectivity index (χ1) is 13.2. The van der Waals surface area contributed by atoms with Gasteiger partial charge in [-0.05, 0) is 61.7 Å². The van der Waals surface area contributed by atoms with Crippen LogP contribution < -0.4 is 14.4 Å². The second-order valence-corrected chi connectivity index (χ2v) is 8.87. The van der Waals surface area contributed by atoms with Gasteiger partial charge in [-0.25, -0.2) is 8.42 Å². The number of hydrogen-bond donors (Lipinski definition) is 1. The number of rotatable bonds is 8. The first-order valence-electron chi connectivity index (χ1n) is 9.25. The molecule has 0 fully saturated rings. The zero-order valence-electron chi connectivity index (χ0n) is 17.0. The number of hydrogen-bond acceptors (Lipinski definition) is 4. The van der Waals surface area contributed by atoms with Crippen LogP contribution >= 0.6 is 0 Å². The Morgan fingerprint density at radius 1 is 1.14 bits per heavy atom. The summed E-state index contributed by atoms with van der Waals surface area (Å²) in [5, 5.41) is 3.04. The van der Waals surface area contributed by atoms with Gasteiger partial charge in [-0.1, -0.05) is 19.1 Å². The van der Waals surface area contributed by atoms with Gasteiger partial charge in [-0.2, -0.15) is 0 Å². The van der Waals surface area contributed by atoms with Crippen LogP contribution in [0, 0.1) is 6.92 Å². The Bertz CT molecular complexity index is 924. The largest absolute Gasteiger partial charge is 0.496 e. The van der Waals surface area contributed by atoms with E-state index in [4.69, 9.17) is 4.74 Å². The van der Waals surface area contributed by atoms with E-state index in [0.717, 1.165) is 23.3 Å². The monoisotopic (exact) mass is 404 g/mol. The molecule has 1 N–H and O–H groups in total. The highest BCUT2D eigenvalue weighted by Gasteiger charge is 2.18. The highest BCUT2D eigenvalue weighted by atomic mass is 32.2. The fourth-order valence-electron chi connectivity index (χ4n) is 2.96. The molecule has 28 heavy (non-hydrogen) atoms. The van der Waals surface area contributed by atoms with Gasteiger partial charge in [0.25, 0.3) is 5.91 Å². The molecule has 0 aliphatic carbocycles. The maximum absolute atomic E-state index is 12.7. The summed E-state index contributed by atoms with van der Waals surface area (Å²) in [5.41, 5.74) is 3.03. The van der Waals surface area contributed by atoms with Crippen LogP contribution in [0.2, 0.25) is 0 Å². The molecule has 0 saturated carbocycles. The van der Waals surface area contributed by atoms with Gasteiger partial charge in [0.05, 0.1) is 24.6 Å². The van der Waals surface area contributed by atoms with Crippen molar-refractivity contribution in [1.29, 1.82) is 0 Å². The molecule has 2 aromatic rings.